The molecule has 0 aliphatic carbocycles. The summed E-state index contributed by atoms with van der Waals surface area (Å²) in [5.41, 5.74) is 4.40. The summed E-state index contributed by atoms with van der Waals surface area (Å²) in [5.74, 6) is 1.83. The maximum absolute atomic E-state index is 8.58. The van der Waals surface area contributed by atoms with Crippen molar-refractivity contribution < 1.29 is 4.74 Å². The van der Waals surface area contributed by atoms with Crippen LogP contribution in [0.2, 0.25) is 5.02 Å². The van der Waals surface area contributed by atoms with Gasteiger partial charge < -0.3 is 24.9 Å². The molecule has 0 saturated carbocycles. The molecule has 4 N–H and O–H groups in total. The zero-order chi connectivity index (χ0) is 22.5. The Morgan fingerprint density at radius 3 is 2.91 bits per heavy atom. The zero-order valence-electron chi connectivity index (χ0n) is 18.0. The number of rotatable bonds is 7. The van der Waals surface area contributed by atoms with Crippen molar-refractivity contribution in [2.24, 2.45) is 0 Å². The summed E-state index contributed by atoms with van der Waals surface area (Å²) in [4.78, 5) is 17.8. The molecule has 4 rings (SSSR count). The second kappa shape index (κ2) is 10.2. The number of aromatic amines is 2. The van der Waals surface area contributed by atoms with Gasteiger partial charge >= 0.3 is 0 Å². The Bertz CT molecular complexity index is 1160. The summed E-state index contributed by atoms with van der Waals surface area (Å²) in [5, 5.41) is 14.7. The van der Waals surface area contributed by atoms with Crippen molar-refractivity contribution in [3.05, 3.63) is 58.2 Å². The van der Waals surface area contributed by atoms with Gasteiger partial charge in [-0.15, -0.1) is 11.8 Å². The first kappa shape index (κ1) is 22.4. The maximum atomic E-state index is 8.58. The second-order valence-corrected chi connectivity index (χ2v) is 8.51. The summed E-state index contributed by atoms with van der Waals surface area (Å²) in [7, 11) is 0. The Balaban J connectivity index is 1.59. The molecule has 2 aromatic heterocycles. The molecule has 3 aromatic rings. The smallest absolute Gasteiger partial charge is 0.154 e. The minimum Gasteiger partial charge on any atom is -0.378 e. The molecule has 8 nitrogen and oxygen atoms in total. The lowest BCUT2D eigenvalue weighted by atomic mass is 10.3. The van der Waals surface area contributed by atoms with Gasteiger partial charge in [0.05, 0.1) is 47.9 Å². The second-order valence-electron chi connectivity index (χ2n) is 7.40. The number of fused-ring (bicyclic) bond motifs is 1. The van der Waals surface area contributed by atoms with Gasteiger partial charge in [-0.05, 0) is 36.3 Å². The van der Waals surface area contributed by atoms with Gasteiger partial charge in [-0.3, -0.25) is 5.41 Å². The van der Waals surface area contributed by atoms with Gasteiger partial charge in [0.2, 0.25) is 0 Å². The van der Waals surface area contributed by atoms with Gasteiger partial charge in [-0.1, -0.05) is 17.7 Å². The number of aromatic nitrogens is 4. The van der Waals surface area contributed by atoms with Crippen molar-refractivity contribution in [1.29, 1.82) is 5.41 Å². The highest BCUT2D eigenvalue weighted by molar-refractivity contribution is 8.01. The van der Waals surface area contributed by atoms with Crippen molar-refractivity contribution in [3.8, 4) is 0 Å². The van der Waals surface area contributed by atoms with Crippen LogP contribution in [0.15, 0.2) is 35.9 Å². The van der Waals surface area contributed by atoms with Gasteiger partial charge in [-0.2, -0.15) is 0 Å². The lowest BCUT2D eigenvalue weighted by Crippen LogP contribution is -2.39. The van der Waals surface area contributed by atoms with Crippen LogP contribution in [0.25, 0.3) is 22.3 Å². The molecule has 1 fully saturated rings. The molecule has 32 heavy (non-hydrogen) atoms. The highest BCUT2D eigenvalue weighted by atomic mass is 35.5. The highest BCUT2D eigenvalue weighted by Crippen LogP contribution is 2.22. The fourth-order valence-electron chi connectivity index (χ4n) is 3.44. The normalized spacial score (nSPS) is 15.4. The average molecular weight is 472 g/mol. The van der Waals surface area contributed by atoms with Crippen LogP contribution in [-0.4, -0.2) is 63.2 Å². The van der Waals surface area contributed by atoms with Crippen LogP contribution in [0.5, 0.6) is 0 Å². The number of ether oxygens (including phenoxy) is 1. The molecule has 1 saturated heterocycles. The molecular formula is C22H26ClN7OS. The van der Waals surface area contributed by atoms with Gasteiger partial charge in [0, 0.05) is 19.2 Å². The number of benzene rings is 1. The molecular weight excluding hydrogens is 446 g/mol. The van der Waals surface area contributed by atoms with Gasteiger partial charge in [-0.25, -0.2) is 9.97 Å². The van der Waals surface area contributed by atoms with Crippen LogP contribution < -0.4 is 5.32 Å². The highest BCUT2D eigenvalue weighted by Gasteiger charge is 2.16. The minimum atomic E-state index is 0.415. The number of para-hydroxylation sites is 1. The molecule has 0 radical (unpaired) electrons. The number of hydrogen-bond donors (Lipinski definition) is 4. The zero-order valence-corrected chi connectivity index (χ0v) is 19.6. The number of H-pyrrole nitrogens is 2. The van der Waals surface area contributed by atoms with Crippen molar-refractivity contribution in [2.75, 3.05) is 32.6 Å². The van der Waals surface area contributed by atoms with Gasteiger partial charge in [0.1, 0.15) is 17.2 Å². The largest absolute Gasteiger partial charge is 0.378 e. The molecule has 1 aliphatic heterocycles. The number of nitrogens with zero attached hydrogens (tertiary/aromatic N) is 3. The van der Waals surface area contributed by atoms with Crippen LogP contribution in [0.4, 0.5) is 0 Å². The lowest BCUT2D eigenvalue weighted by molar-refractivity contribution is 0.0681. The van der Waals surface area contributed by atoms with Crippen LogP contribution >= 0.6 is 23.4 Å². The Kier molecular flexibility index (Phi) is 7.19. The predicted octanol–water partition coefficient (Wildman–Crippen LogP) is 4.10. The van der Waals surface area contributed by atoms with E-state index in [1.54, 1.807) is 17.8 Å². The van der Waals surface area contributed by atoms with E-state index >= 15 is 0 Å². The lowest BCUT2D eigenvalue weighted by Gasteiger charge is -2.28. The first-order valence-electron chi connectivity index (χ1n) is 10.3. The summed E-state index contributed by atoms with van der Waals surface area (Å²) in [6.45, 7) is 5.12. The number of allylic oxidation sites excluding steroid dienone is 1. The summed E-state index contributed by atoms with van der Waals surface area (Å²) in [6.07, 6.45) is 5.64. The molecule has 0 atom stereocenters. The molecule has 10 heteroatoms. The van der Waals surface area contributed by atoms with E-state index in [1.807, 2.05) is 42.5 Å². The molecule has 0 unspecified atom stereocenters. The standard InChI is InChI=1S/C22H26ClN7OS/c1-14(13-32-2)18-11-26-22(28-18)17(10-19(24)30-6-8-31-9-7-30)25-12-20-27-16-5-3-4-15(23)21(16)29-20/h3-5,10-11,13,24-25H,6-9,12H2,1-2H3,(H,26,28)(H,27,29)/b14-13+,17-10+,24-19?. The van der Waals surface area contributed by atoms with E-state index in [-0.39, 0.29) is 0 Å². The number of amidine groups is 1. The Morgan fingerprint density at radius 1 is 1.34 bits per heavy atom. The Labute approximate surface area is 196 Å². The minimum absolute atomic E-state index is 0.415. The molecule has 0 spiro atoms. The van der Waals surface area contributed by atoms with E-state index in [0.717, 1.165) is 33.8 Å². The number of imidazole rings is 2. The summed E-state index contributed by atoms with van der Waals surface area (Å²) < 4.78 is 5.41. The Morgan fingerprint density at radius 2 is 2.16 bits per heavy atom. The first-order valence-corrected chi connectivity index (χ1v) is 12.0. The van der Waals surface area contributed by atoms with Crippen LogP contribution in [0, 0.1) is 5.41 Å². The molecule has 1 aliphatic rings. The molecule has 168 valence electrons. The predicted molar refractivity (Wildman–Crippen MR) is 132 cm³/mol. The number of halogens is 1. The summed E-state index contributed by atoms with van der Waals surface area (Å²) >= 11 is 7.91. The third-order valence-corrected chi connectivity index (χ3v) is 6.04. The third-order valence-electron chi connectivity index (χ3n) is 5.14. The number of morpholine rings is 1. The monoisotopic (exact) mass is 471 g/mol. The molecule has 3 heterocycles. The van der Waals surface area contributed by atoms with Crippen molar-refractivity contribution in [3.63, 3.8) is 0 Å². The van der Waals surface area contributed by atoms with Crippen LogP contribution in [0.3, 0.4) is 0 Å². The maximum Gasteiger partial charge on any atom is 0.154 e. The first-order chi connectivity index (χ1) is 15.5. The van der Waals surface area contributed by atoms with Gasteiger partial charge in [0.25, 0.3) is 0 Å². The fraction of sp³-hybridized carbons (Fsp3) is 0.318. The molecule has 0 amide bonds. The van der Waals surface area contributed by atoms with E-state index in [2.05, 4.69) is 30.7 Å². The number of hydrogen-bond acceptors (Lipinski definition) is 6. The number of thioether (sulfide) groups is 1. The summed E-state index contributed by atoms with van der Waals surface area (Å²) in [6, 6.07) is 5.66. The Hall–Kier alpha value is -2.75. The third kappa shape index (κ3) is 5.17. The van der Waals surface area contributed by atoms with E-state index in [0.29, 0.717) is 49.5 Å². The topological polar surface area (TPSA) is 106 Å². The van der Waals surface area contributed by atoms with E-state index in [1.165, 1.54) is 0 Å². The van der Waals surface area contributed by atoms with E-state index in [4.69, 9.17) is 21.7 Å². The molecule has 0 bridgehead atoms. The number of nitrogens with one attached hydrogen (secondary N) is 4. The van der Waals surface area contributed by atoms with Crippen molar-refractivity contribution >= 4 is 51.5 Å². The fourth-order valence-corrected chi connectivity index (χ4v) is 4.14. The van der Waals surface area contributed by atoms with Crippen molar-refractivity contribution in [2.45, 2.75) is 13.5 Å². The van der Waals surface area contributed by atoms with Crippen molar-refractivity contribution in [1.82, 2.24) is 30.2 Å². The van der Waals surface area contributed by atoms with Crippen LogP contribution in [-0.2, 0) is 11.3 Å². The quantitative estimate of drug-likeness (QED) is 0.305. The average Bonchev–Trinajstić information content (AvgIpc) is 3.45. The molecule has 1 aromatic carbocycles. The van der Waals surface area contributed by atoms with E-state index in [9.17, 15) is 0 Å². The van der Waals surface area contributed by atoms with Gasteiger partial charge in [0.15, 0.2) is 5.82 Å². The van der Waals surface area contributed by atoms with Crippen LogP contribution in [0.1, 0.15) is 24.3 Å². The van der Waals surface area contributed by atoms with E-state index < -0.39 is 0 Å². The SMILES string of the molecule is CS/C=C(\C)c1cnc(/C(=C\C(=N)N2CCOCC2)NCc2nc3c(Cl)cccc3[nH]2)[nH]1.